The summed E-state index contributed by atoms with van der Waals surface area (Å²) in [4.78, 5) is 0. The molecule has 5 nitrogen and oxygen atoms in total. The van der Waals surface area contributed by atoms with Gasteiger partial charge in [-0.15, -0.1) is 0 Å². The van der Waals surface area contributed by atoms with Crippen molar-refractivity contribution in [2.45, 2.75) is 48.9 Å². The van der Waals surface area contributed by atoms with E-state index in [1.54, 1.807) is 12.1 Å². The first-order valence-corrected chi connectivity index (χ1v) is 8.37. The fraction of sp³-hybridized carbons (Fsp3) is 0.556. The summed E-state index contributed by atoms with van der Waals surface area (Å²) in [5, 5.41) is 20.9. The van der Waals surface area contributed by atoms with E-state index >= 15 is 0 Å². The zero-order valence-electron chi connectivity index (χ0n) is 12.9. The Kier molecular flexibility index (Phi) is 2.58. The first-order valence-electron chi connectivity index (χ1n) is 8.37. The SMILES string of the molecule is NCO[C@@]12C=CC(O)[C@@H]3Oc4c(O)ccc5c4[C@@]31CCC[C@@H]2C5. The van der Waals surface area contributed by atoms with Crippen LogP contribution in [0.1, 0.15) is 30.4 Å². The second kappa shape index (κ2) is 4.29. The molecule has 1 aromatic carbocycles. The van der Waals surface area contributed by atoms with Crippen LogP contribution in [-0.2, 0) is 16.6 Å². The second-order valence-electron chi connectivity index (χ2n) is 7.20. The Balaban J connectivity index is 1.87. The Morgan fingerprint density at radius 3 is 3.09 bits per heavy atom. The van der Waals surface area contributed by atoms with Crippen molar-refractivity contribution in [1.82, 2.24) is 0 Å². The molecule has 1 saturated carbocycles. The van der Waals surface area contributed by atoms with Crippen LogP contribution in [-0.4, -0.2) is 34.8 Å². The molecule has 0 saturated heterocycles. The molecule has 2 bridgehead atoms. The topological polar surface area (TPSA) is 84.9 Å². The van der Waals surface area contributed by atoms with Crippen LogP contribution < -0.4 is 10.5 Å². The highest BCUT2D eigenvalue weighted by Crippen LogP contribution is 2.67. The van der Waals surface area contributed by atoms with Crippen molar-refractivity contribution in [3.63, 3.8) is 0 Å². The minimum atomic E-state index is -0.707. The van der Waals surface area contributed by atoms with Crippen LogP contribution in [0.15, 0.2) is 24.3 Å². The number of benzene rings is 1. The first-order chi connectivity index (χ1) is 11.1. The number of ether oxygens (including phenoxy) is 2. The van der Waals surface area contributed by atoms with Crippen LogP contribution >= 0.6 is 0 Å². The second-order valence-corrected chi connectivity index (χ2v) is 7.20. The molecule has 1 fully saturated rings. The van der Waals surface area contributed by atoms with Crippen molar-refractivity contribution < 1.29 is 19.7 Å². The van der Waals surface area contributed by atoms with Gasteiger partial charge in [0.15, 0.2) is 11.5 Å². The standard InChI is InChI=1S/C18H21NO4/c19-9-22-18-7-5-13(21)16-17(18)6-1-2-11(18)8-10-3-4-12(20)15(23-16)14(10)17/h3-5,7,11,13,16,20-21H,1-2,6,8-9,19H2/t11-,13?,16+,17+,18-/m1/s1. The van der Waals surface area contributed by atoms with Gasteiger partial charge in [-0.05, 0) is 36.8 Å². The number of phenols is 1. The van der Waals surface area contributed by atoms with Gasteiger partial charge in [0, 0.05) is 5.56 Å². The molecule has 0 aromatic heterocycles. The van der Waals surface area contributed by atoms with E-state index in [4.69, 9.17) is 15.2 Å². The number of aromatic hydroxyl groups is 1. The molecule has 1 unspecified atom stereocenters. The summed E-state index contributed by atoms with van der Waals surface area (Å²) < 4.78 is 12.3. The maximum absolute atomic E-state index is 10.6. The smallest absolute Gasteiger partial charge is 0.165 e. The van der Waals surface area contributed by atoms with Crippen molar-refractivity contribution in [2.24, 2.45) is 11.7 Å². The minimum absolute atomic E-state index is 0.134. The number of aliphatic hydroxyl groups excluding tert-OH is 1. The van der Waals surface area contributed by atoms with Gasteiger partial charge < -0.3 is 25.4 Å². The van der Waals surface area contributed by atoms with Crippen LogP contribution in [0, 0.1) is 5.92 Å². The zero-order valence-corrected chi connectivity index (χ0v) is 12.9. The monoisotopic (exact) mass is 315 g/mol. The fourth-order valence-electron chi connectivity index (χ4n) is 5.79. The molecule has 0 amide bonds. The molecule has 3 aliphatic carbocycles. The fourth-order valence-corrected chi connectivity index (χ4v) is 5.79. The Bertz CT molecular complexity index is 717. The Morgan fingerprint density at radius 2 is 2.26 bits per heavy atom. The third-order valence-corrected chi connectivity index (χ3v) is 6.47. The van der Waals surface area contributed by atoms with Gasteiger partial charge in [0.25, 0.3) is 0 Å². The van der Waals surface area contributed by atoms with E-state index in [1.165, 1.54) is 5.56 Å². The predicted octanol–water partition coefficient (Wildman–Crippen LogP) is 1.35. The van der Waals surface area contributed by atoms with E-state index in [9.17, 15) is 10.2 Å². The van der Waals surface area contributed by atoms with E-state index in [-0.39, 0.29) is 12.5 Å². The molecule has 1 aliphatic heterocycles. The van der Waals surface area contributed by atoms with Crippen LogP contribution in [0.2, 0.25) is 0 Å². The Morgan fingerprint density at radius 1 is 1.39 bits per heavy atom. The molecule has 122 valence electrons. The quantitative estimate of drug-likeness (QED) is 0.567. The van der Waals surface area contributed by atoms with Crippen LogP contribution in [0.3, 0.4) is 0 Å². The highest BCUT2D eigenvalue weighted by atomic mass is 16.5. The summed E-state index contributed by atoms with van der Waals surface area (Å²) in [5.74, 6) is 0.989. The Labute approximate surface area is 134 Å². The largest absolute Gasteiger partial charge is 0.504 e. The van der Waals surface area contributed by atoms with Crippen molar-refractivity contribution in [1.29, 1.82) is 0 Å². The van der Waals surface area contributed by atoms with Crippen molar-refractivity contribution >= 4 is 0 Å². The number of aliphatic hydroxyl groups is 1. The molecule has 4 N–H and O–H groups in total. The number of nitrogens with two attached hydrogens (primary N) is 1. The third-order valence-electron chi connectivity index (χ3n) is 6.47. The third kappa shape index (κ3) is 1.36. The maximum Gasteiger partial charge on any atom is 0.165 e. The summed E-state index contributed by atoms with van der Waals surface area (Å²) in [5.41, 5.74) is 7.05. The first kappa shape index (κ1) is 13.8. The Hall–Kier alpha value is -1.56. The molecular formula is C18H21NO4. The molecule has 1 heterocycles. The van der Waals surface area contributed by atoms with Crippen LogP contribution in [0.25, 0.3) is 0 Å². The summed E-state index contributed by atoms with van der Waals surface area (Å²) in [6.45, 7) is 0.134. The van der Waals surface area contributed by atoms with Gasteiger partial charge in [0.2, 0.25) is 0 Å². The van der Waals surface area contributed by atoms with E-state index in [2.05, 4.69) is 0 Å². The van der Waals surface area contributed by atoms with E-state index < -0.39 is 23.2 Å². The lowest BCUT2D eigenvalue weighted by atomic mass is 9.47. The predicted molar refractivity (Wildman–Crippen MR) is 83.3 cm³/mol. The summed E-state index contributed by atoms with van der Waals surface area (Å²) in [6, 6.07) is 3.70. The number of hydrogen-bond acceptors (Lipinski definition) is 5. The molecule has 4 aliphatic rings. The normalized spacial score (nSPS) is 42.3. The van der Waals surface area contributed by atoms with Crippen molar-refractivity contribution in [3.05, 3.63) is 35.4 Å². The summed E-state index contributed by atoms with van der Waals surface area (Å²) in [7, 11) is 0. The van der Waals surface area contributed by atoms with Crippen molar-refractivity contribution in [2.75, 3.05) is 6.73 Å². The number of hydrogen-bond donors (Lipinski definition) is 3. The molecule has 5 rings (SSSR count). The molecular weight excluding hydrogens is 294 g/mol. The van der Waals surface area contributed by atoms with Gasteiger partial charge in [0.05, 0.1) is 12.1 Å². The minimum Gasteiger partial charge on any atom is -0.504 e. The molecule has 5 heteroatoms. The number of phenolic OH excluding ortho intramolecular Hbond substituents is 1. The number of rotatable bonds is 2. The van der Waals surface area contributed by atoms with Gasteiger partial charge in [-0.1, -0.05) is 24.6 Å². The van der Waals surface area contributed by atoms with Gasteiger partial charge >= 0.3 is 0 Å². The summed E-state index contributed by atoms with van der Waals surface area (Å²) >= 11 is 0. The molecule has 1 spiro atoms. The van der Waals surface area contributed by atoms with Crippen LogP contribution in [0.4, 0.5) is 0 Å². The lowest BCUT2D eigenvalue weighted by Gasteiger charge is -2.60. The lowest BCUT2D eigenvalue weighted by Crippen LogP contribution is -2.70. The molecule has 1 aromatic rings. The van der Waals surface area contributed by atoms with Gasteiger partial charge in [-0.2, -0.15) is 0 Å². The average Bonchev–Trinajstić information content (AvgIpc) is 2.88. The molecule has 5 atom stereocenters. The lowest BCUT2D eigenvalue weighted by molar-refractivity contribution is -0.169. The van der Waals surface area contributed by atoms with E-state index in [0.717, 1.165) is 31.2 Å². The average molecular weight is 315 g/mol. The van der Waals surface area contributed by atoms with Gasteiger partial charge in [-0.3, -0.25) is 0 Å². The molecule has 23 heavy (non-hydrogen) atoms. The highest BCUT2D eigenvalue weighted by molar-refractivity contribution is 5.63. The van der Waals surface area contributed by atoms with Gasteiger partial charge in [0.1, 0.15) is 17.8 Å². The molecule has 0 radical (unpaired) electrons. The van der Waals surface area contributed by atoms with Crippen molar-refractivity contribution in [3.8, 4) is 11.5 Å². The van der Waals surface area contributed by atoms with E-state index in [1.807, 2.05) is 12.1 Å². The highest BCUT2D eigenvalue weighted by Gasteiger charge is 2.71. The van der Waals surface area contributed by atoms with E-state index in [0.29, 0.717) is 11.7 Å². The summed E-state index contributed by atoms with van der Waals surface area (Å²) in [6.07, 6.45) is 6.58. The van der Waals surface area contributed by atoms with Gasteiger partial charge in [-0.25, -0.2) is 0 Å². The maximum atomic E-state index is 10.6. The van der Waals surface area contributed by atoms with Crippen LogP contribution in [0.5, 0.6) is 11.5 Å². The zero-order chi connectivity index (χ0) is 15.8.